The zero-order chi connectivity index (χ0) is 33.9. The molecule has 1 saturated heterocycles. The molecule has 50 heavy (non-hydrogen) atoms. The number of aromatic amines is 1. The first-order valence-corrected chi connectivity index (χ1v) is 17.4. The summed E-state index contributed by atoms with van der Waals surface area (Å²) in [4.78, 5) is 39.1. The number of carbonyl (C=O) groups excluding carboxylic acids is 1. The van der Waals surface area contributed by atoms with Crippen LogP contribution in [0.25, 0.3) is 32.0 Å². The number of carbonyl (C=O) groups is 1. The molecule has 6 aromatic rings. The minimum atomic E-state index is -0.714. The number of fused-ring (bicyclic) bond motifs is 5. The smallest absolute Gasteiger partial charge is 0.434 e. The van der Waals surface area contributed by atoms with Crippen molar-refractivity contribution in [2.75, 3.05) is 32.2 Å². The van der Waals surface area contributed by atoms with Crippen LogP contribution in [-0.4, -0.2) is 57.8 Å². The zero-order valence-corrected chi connectivity index (χ0v) is 27.8. The van der Waals surface area contributed by atoms with Gasteiger partial charge in [0.05, 0.1) is 59.6 Å². The molecule has 2 aromatic carbocycles. The lowest BCUT2D eigenvalue weighted by Crippen LogP contribution is -2.38. The fourth-order valence-electron chi connectivity index (χ4n) is 7.56. The minimum Gasteiger partial charge on any atom is -0.496 e. The average Bonchev–Trinajstić information content (AvgIpc) is 3.93. The Morgan fingerprint density at radius 3 is 2.80 bits per heavy atom. The molecule has 2 aliphatic heterocycles. The van der Waals surface area contributed by atoms with E-state index in [4.69, 9.17) is 23.9 Å². The Labute approximate surface area is 289 Å². The number of hydrogen-bond donors (Lipinski definition) is 2. The van der Waals surface area contributed by atoms with Crippen LogP contribution in [0.1, 0.15) is 56.9 Å². The van der Waals surface area contributed by atoms with E-state index in [1.165, 1.54) is 34.6 Å². The Balaban J connectivity index is 1.21. The van der Waals surface area contributed by atoms with Crippen LogP contribution < -0.4 is 15.8 Å². The van der Waals surface area contributed by atoms with Gasteiger partial charge < -0.3 is 24.1 Å². The van der Waals surface area contributed by atoms with E-state index < -0.39 is 5.76 Å². The van der Waals surface area contributed by atoms with Crippen LogP contribution in [0, 0.1) is 5.82 Å². The van der Waals surface area contributed by atoms with Gasteiger partial charge in [-0.2, -0.15) is 0 Å². The normalized spacial score (nSPS) is 18.0. The van der Waals surface area contributed by atoms with Crippen molar-refractivity contribution >= 4 is 33.1 Å². The Morgan fingerprint density at radius 2 is 1.98 bits per heavy atom. The lowest BCUT2D eigenvalue weighted by molar-refractivity contribution is 0.00352. The lowest BCUT2D eigenvalue weighted by atomic mass is 9.93. The predicted octanol–water partition coefficient (Wildman–Crippen LogP) is 6.26. The van der Waals surface area contributed by atoms with E-state index in [1.54, 1.807) is 25.4 Å². The molecular weight excluding hydrogens is 660 g/mol. The molecule has 1 amide bonds. The third-order valence-electron chi connectivity index (χ3n) is 9.87. The Morgan fingerprint density at radius 1 is 1.10 bits per heavy atom. The number of halogens is 1. The molecule has 0 bridgehead atoms. The molecule has 3 aliphatic rings. The molecular formula is C37H31FN6O5S. The van der Waals surface area contributed by atoms with Crippen molar-refractivity contribution in [3.05, 3.63) is 111 Å². The van der Waals surface area contributed by atoms with E-state index in [1.807, 2.05) is 29.2 Å². The third-order valence-corrected chi connectivity index (χ3v) is 11.0. The largest absolute Gasteiger partial charge is 0.496 e. The molecule has 9 rings (SSSR count). The number of anilines is 1. The van der Waals surface area contributed by atoms with Crippen molar-refractivity contribution in [2.45, 2.75) is 37.8 Å². The van der Waals surface area contributed by atoms with Crippen LogP contribution in [0.2, 0.25) is 0 Å². The highest BCUT2D eigenvalue weighted by Crippen LogP contribution is 2.49. The summed E-state index contributed by atoms with van der Waals surface area (Å²) < 4.78 is 31.7. The molecule has 0 spiro atoms. The molecule has 0 saturated carbocycles. The van der Waals surface area contributed by atoms with Crippen LogP contribution in [0.3, 0.4) is 0 Å². The molecule has 4 aromatic heterocycles. The van der Waals surface area contributed by atoms with Crippen LogP contribution in [0.15, 0.2) is 70.0 Å². The molecule has 0 radical (unpaired) electrons. The van der Waals surface area contributed by atoms with Gasteiger partial charge in [0.25, 0.3) is 11.8 Å². The van der Waals surface area contributed by atoms with Gasteiger partial charge in [-0.1, -0.05) is 24.3 Å². The van der Waals surface area contributed by atoms with E-state index in [2.05, 4.69) is 21.6 Å². The van der Waals surface area contributed by atoms with E-state index >= 15 is 0 Å². The van der Waals surface area contributed by atoms with Crippen LogP contribution >= 0.6 is 11.3 Å². The number of rotatable bonds is 8. The maximum Gasteiger partial charge on any atom is 0.434 e. The second-order valence-corrected chi connectivity index (χ2v) is 13.7. The first kappa shape index (κ1) is 30.6. The number of aryl methyl sites for hydroxylation is 2. The number of pyridine rings is 2. The van der Waals surface area contributed by atoms with Crippen molar-refractivity contribution < 1.29 is 23.1 Å². The number of methoxy groups -OCH3 is 1. The number of morpholine rings is 1. The third kappa shape index (κ3) is 5.07. The van der Waals surface area contributed by atoms with Gasteiger partial charge in [0.2, 0.25) is 0 Å². The molecule has 2 atom stereocenters. The van der Waals surface area contributed by atoms with E-state index in [0.29, 0.717) is 60.7 Å². The standard InChI is InChI=1S/C37H31FN6O5S/c1-47-27-4-2-3-22-23(27)10-12-24(22)41-34-33-20(13-14-39-34)17-28(50-33)30-29(35-42-43-37(46)49-35)25(11-7-19-5-8-21(38)9-6-19)40-32-26-18-48-16-15-44(26)36(45)31(30)32/h2-6,8-9,13-14,17,24,26H,7,10-12,15-16,18H2,1H3,(H,39,41)(H,43,46)/t24-,26+/m0/s1. The summed E-state index contributed by atoms with van der Waals surface area (Å²) in [6.45, 7) is 1.20. The number of amides is 1. The maximum atomic E-state index is 14.3. The number of ether oxygens (including phenoxy) is 2. The van der Waals surface area contributed by atoms with Gasteiger partial charge in [-0.05, 0) is 78.1 Å². The molecule has 13 heteroatoms. The average molecular weight is 691 g/mol. The summed E-state index contributed by atoms with van der Waals surface area (Å²) in [7, 11) is 1.70. The number of benzene rings is 2. The number of nitrogens with zero attached hydrogens (tertiary/aromatic N) is 4. The van der Waals surface area contributed by atoms with Crippen LogP contribution in [-0.2, 0) is 24.0 Å². The summed E-state index contributed by atoms with van der Waals surface area (Å²) in [5.74, 6) is 0.507. The van der Waals surface area contributed by atoms with Gasteiger partial charge in [-0.25, -0.2) is 19.3 Å². The molecule has 2 N–H and O–H groups in total. The quantitative estimate of drug-likeness (QED) is 0.190. The highest BCUT2D eigenvalue weighted by Gasteiger charge is 2.44. The van der Waals surface area contributed by atoms with Gasteiger partial charge >= 0.3 is 5.76 Å². The van der Waals surface area contributed by atoms with E-state index in [0.717, 1.165) is 44.9 Å². The molecule has 11 nitrogen and oxygen atoms in total. The highest BCUT2D eigenvalue weighted by molar-refractivity contribution is 7.23. The fourth-order valence-corrected chi connectivity index (χ4v) is 8.72. The van der Waals surface area contributed by atoms with E-state index in [-0.39, 0.29) is 29.7 Å². The van der Waals surface area contributed by atoms with Crippen molar-refractivity contribution in [2.24, 2.45) is 0 Å². The second kappa shape index (κ2) is 12.2. The SMILES string of the molecule is COc1cccc2c1CC[C@@H]2Nc1nccc2cc(-c3c4c(nc(CCc5ccc(F)cc5)c3-c3n[nH]c(=O)o3)[C@H]3COCCN3C4=O)sc12. The number of H-pyrrole nitrogens is 1. The first-order chi connectivity index (χ1) is 24.5. The van der Waals surface area contributed by atoms with Crippen molar-refractivity contribution in [3.8, 4) is 27.6 Å². The van der Waals surface area contributed by atoms with Crippen LogP contribution in [0.4, 0.5) is 10.2 Å². The highest BCUT2D eigenvalue weighted by atomic mass is 32.1. The Bertz CT molecular complexity index is 2350. The van der Waals surface area contributed by atoms with Gasteiger partial charge in [-0.15, -0.1) is 16.4 Å². The van der Waals surface area contributed by atoms with Crippen molar-refractivity contribution in [1.29, 1.82) is 0 Å². The monoisotopic (exact) mass is 690 g/mol. The van der Waals surface area contributed by atoms with Crippen molar-refractivity contribution in [3.63, 3.8) is 0 Å². The fraction of sp³-hybridized carbons (Fsp3) is 0.270. The lowest BCUT2D eigenvalue weighted by Gasteiger charge is -2.29. The number of aromatic nitrogens is 4. The second-order valence-electron chi connectivity index (χ2n) is 12.7. The summed E-state index contributed by atoms with van der Waals surface area (Å²) in [5, 5.41) is 11.3. The van der Waals surface area contributed by atoms with E-state index in [9.17, 15) is 14.0 Å². The number of thiophene rings is 1. The number of nitrogens with one attached hydrogen (secondary N) is 2. The van der Waals surface area contributed by atoms with Gasteiger partial charge in [0.1, 0.15) is 17.4 Å². The van der Waals surface area contributed by atoms with Gasteiger partial charge in [-0.3, -0.25) is 9.78 Å². The molecule has 252 valence electrons. The van der Waals surface area contributed by atoms with Gasteiger partial charge in [0, 0.05) is 23.2 Å². The summed E-state index contributed by atoms with van der Waals surface area (Å²) >= 11 is 1.51. The summed E-state index contributed by atoms with van der Waals surface area (Å²) in [6.07, 6.45) is 4.53. The number of hydrogen-bond acceptors (Lipinski definition) is 10. The topological polar surface area (TPSA) is 135 Å². The van der Waals surface area contributed by atoms with Gasteiger partial charge in [0.15, 0.2) is 0 Å². The Kier molecular flexibility index (Phi) is 7.46. The maximum absolute atomic E-state index is 14.3. The summed E-state index contributed by atoms with van der Waals surface area (Å²) in [6, 6.07) is 16.2. The first-order valence-electron chi connectivity index (χ1n) is 16.5. The molecule has 6 heterocycles. The molecule has 0 unspecified atom stereocenters. The van der Waals surface area contributed by atoms with Crippen LogP contribution in [0.5, 0.6) is 5.75 Å². The predicted molar refractivity (Wildman–Crippen MR) is 185 cm³/mol. The molecule has 1 fully saturated rings. The minimum absolute atomic E-state index is 0.0498. The Hall–Kier alpha value is -5.40. The van der Waals surface area contributed by atoms with Crippen molar-refractivity contribution in [1.82, 2.24) is 25.1 Å². The molecule has 1 aliphatic carbocycles. The zero-order valence-electron chi connectivity index (χ0n) is 27.0. The summed E-state index contributed by atoms with van der Waals surface area (Å²) in [5.41, 5.74) is 6.10.